The fraction of sp³-hybridized carbons (Fsp3) is 0.818. The van der Waals surface area contributed by atoms with Crippen LogP contribution in [0.4, 0.5) is 0 Å². The SMILES string of the molecule is CCCCCC(C)C(C)(C(=O)[O-])C(=O)[O-].[Na+].[Na+]. The monoisotopic (exact) mass is 260 g/mol. The van der Waals surface area contributed by atoms with Gasteiger partial charge in [-0.2, -0.15) is 0 Å². The molecule has 0 aliphatic heterocycles. The van der Waals surface area contributed by atoms with E-state index in [0.717, 1.165) is 26.2 Å². The molecule has 0 N–H and O–H groups in total. The zero-order chi connectivity index (χ0) is 12.1. The van der Waals surface area contributed by atoms with Crippen LogP contribution in [0.5, 0.6) is 0 Å². The molecule has 1 atom stereocenters. The van der Waals surface area contributed by atoms with Crippen molar-refractivity contribution in [2.45, 2.75) is 46.5 Å². The Morgan fingerprint density at radius 3 is 1.82 bits per heavy atom. The molecule has 0 aromatic carbocycles. The summed E-state index contributed by atoms with van der Waals surface area (Å²) in [5, 5.41) is 21.6. The van der Waals surface area contributed by atoms with Crippen LogP contribution in [0.2, 0.25) is 0 Å². The normalized spacial score (nSPS) is 11.9. The minimum absolute atomic E-state index is 0. The van der Waals surface area contributed by atoms with Crippen molar-refractivity contribution in [1.82, 2.24) is 0 Å². The van der Waals surface area contributed by atoms with Crippen LogP contribution in [-0.2, 0) is 9.59 Å². The summed E-state index contributed by atoms with van der Waals surface area (Å²) in [7, 11) is 0. The van der Waals surface area contributed by atoms with Gasteiger partial charge in [0.25, 0.3) is 0 Å². The average molecular weight is 260 g/mol. The van der Waals surface area contributed by atoms with Gasteiger partial charge in [0.2, 0.25) is 0 Å². The zero-order valence-electron chi connectivity index (χ0n) is 11.5. The Morgan fingerprint density at radius 2 is 1.53 bits per heavy atom. The fourth-order valence-electron chi connectivity index (χ4n) is 1.47. The Bertz CT molecular complexity index is 230. The molecule has 0 saturated carbocycles. The van der Waals surface area contributed by atoms with Gasteiger partial charge in [-0.25, -0.2) is 0 Å². The summed E-state index contributed by atoms with van der Waals surface area (Å²) in [6.07, 6.45) is 3.38. The Labute approximate surface area is 147 Å². The minimum Gasteiger partial charge on any atom is -0.549 e. The Morgan fingerprint density at radius 1 is 1.12 bits per heavy atom. The Hall–Kier alpha value is 0.940. The number of carbonyl (C=O) groups is 2. The predicted octanol–water partition coefficient (Wildman–Crippen LogP) is -6.28. The van der Waals surface area contributed by atoms with Gasteiger partial charge in [-0.15, -0.1) is 0 Å². The van der Waals surface area contributed by atoms with Gasteiger partial charge in [0.1, 0.15) is 0 Å². The molecule has 6 heteroatoms. The second-order valence-electron chi connectivity index (χ2n) is 4.17. The molecule has 0 saturated heterocycles. The maximum absolute atomic E-state index is 10.8. The maximum atomic E-state index is 10.8. The summed E-state index contributed by atoms with van der Waals surface area (Å²) in [6.45, 7) is 4.80. The standard InChI is InChI=1S/C11H20O4.2Na/c1-4-5-6-7-8(2)11(3,9(12)13)10(14)15;;/h8H,4-7H2,1-3H3,(H,12,13)(H,14,15);;/q;2*+1/p-2. The average Bonchev–Trinajstić information content (AvgIpc) is 2.15. The molecule has 17 heavy (non-hydrogen) atoms. The summed E-state index contributed by atoms with van der Waals surface area (Å²) in [5.74, 6) is -3.60. The molecular weight excluding hydrogens is 242 g/mol. The van der Waals surface area contributed by atoms with E-state index >= 15 is 0 Å². The van der Waals surface area contributed by atoms with E-state index < -0.39 is 23.3 Å². The largest absolute Gasteiger partial charge is 1.00 e. The molecule has 0 amide bonds. The zero-order valence-corrected chi connectivity index (χ0v) is 15.5. The van der Waals surface area contributed by atoms with Gasteiger partial charge in [0.15, 0.2) is 0 Å². The van der Waals surface area contributed by atoms with Crippen LogP contribution >= 0.6 is 0 Å². The molecule has 0 rings (SSSR count). The van der Waals surface area contributed by atoms with E-state index in [4.69, 9.17) is 0 Å². The number of carboxylic acid groups (broad SMARTS) is 2. The van der Waals surface area contributed by atoms with Gasteiger partial charge in [0.05, 0.1) is 11.9 Å². The van der Waals surface area contributed by atoms with Crippen molar-refractivity contribution >= 4 is 11.9 Å². The van der Waals surface area contributed by atoms with Crippen LogP contribution in [0.15, 0.2) is 0 Å². The van der Waals surface area contributed by atoms with E-state index in [1.807, 2.05) is 6.92 Å². The van der Waals surface area contributed by atoms with Crippen LogP contribution in [0.3, 0.4) is 0 Å². The number of rotatable bonds is 7. The van der Waals surface area contributed by atoms with Gasteiger partial charge in [-0.1, -0.05) is 33.1 Å². The number of hydrogen-bond acceptors (Lipinski definition) is 4. The number of carboxylic acids is 2. The van der Waals surface area contributed by atoms with E-state index in [9.17, 15) is 19.8 Å². The van der Waals surface area contributed by atoms with Crippen molar-refractivity contribution in [1.29, 1.82) is 0 Å². The molecule has 0 bridgehead atoms. The van der Waals surface area contributed by atoms with Gasteiger partial charge in [0, 0.05) is 5.41 Å². The Kier molecular flexibility index (Phi) is 14.7. The van der Waals surface area contributed by atoms with E-state index in [1.54, 1.807) is 6.92 Å². The minimum atomic E-state index is -1.88. The molecule has 0 radical (unpaired) electrons. The van der Waals surface area contributed by atoms with Crippen molar-refractivity contribution in [2.75, 3.05) is 0 Å². The molecule has 0 aromatic rings. The maximum Gasteiger partial charge on any atom is 1.00 e. The van der Waals surface area contributed by atoms with Gasteiger partial charge in [-0.3, -0.25) is 0 Å². The molecule has 0 aromatic heterocycles. The van der Waals surface area contributed by atoms with Crippen LogP contribution < -0.4 is 69.3 Å². The third kappa shape index (κ3) is 6.60. The number of aliphatic carboxylic acids is 2. The van der Waals surface area contributed by atoms with E-state index in [1.165, 1.54) is 0 Å². The van der Waals surface area contributed by atoms with Crippen LogP contribution in [-0.4, -0.2) is 11.9 Å². The smallest absolute Gasteiger partial charge is 0.549 e. The van der Waals surface area contributed by atoms with Crippen molar-refractivity contribution in [3.8, 4) is 0 Å². The molecule has 1 unspecified atom stereocenters. The summed E-state index contributed by atoms with van der Waals surface area (Å²) >= 11 is 0. The van der Waals surface area contributed by atoms with Crippen LogP contribution in [0, 0.1) is 11.3 Å². The molecule has 88 valence electrons. The van der Waals surface area contributed by atoms with E-state index in [2.05, 4.69) is 0 Å². The first-order valence-electron chi connectivity index (χ1n) is 5.30. The molecule has 0 heterocycles. The number of carbonyl (C=O) groups excluding carboxylic acids is 2. The van der Waals surface area contributed by atoms with Crippen molar-refractivity contribution in [3.63, 3.8) is 0 Å². The van der Waals surface area contributed by atoms with Gasteiger partial charge < -0.3 is 19.8 Å². The van der Waals surface area contributed by atoms with E-state index in [0.29, 0.717) is 6.42 Å². The molecule has 0 aliphatic rings. The molecule has 0 aliphatic carbocycles. The van der Waals surface area contributed by atoms with E-state index in [-0.39, 0.29) is 59.1 Å². The third-order valence-corrected chi connectivity index (χ3v) is 3.07. The first kappa shape index (κ1) is 23.1. The second-order valence-corrected chi connectivity index (χ2v) is 4.17. The fourth-order valence-corrected chi connectivity index (χ4v) is 1.47. The predicted molar refractivity (Wildman–Crippen MR) is 51.4 cm³/mol. The summed E-state index contributed by atoms with van der Waals surface area (Å²) in [4.78, 5) is 21.6. The van der Waals surface area contributed by atoms with Gasteiger partial charge in [-0.05, 0) is 19.3 Å². The topological polar surface area (TPSA) is 80.3 Å². The third-order valence-electron chi connectivity index (χ3n) is 3.07. The van der Waals surface area contributed by atoms with Crippen LogP contribution in [0.25, 0.3) is 0 Å². The molecular formula is C11H18Na2O4. The second kappa shape index (κ2) is 10.8. The van der Waals surface area contributed by atoms with Gasteiger partial charge >= 0.3 is 59.1 Å². The molecule has 0 spiro atoms. The summed E-state index contributed by atoms with van der Waals surface area (Å²) in [5.41, 5.74) is -1.88. The molecule has 0 fully saturated rings. The van der Waals surface area contributed by atoms with Crippen molar-refractivity contribution in [3.05, 3.63) is 0 Å². The summed E-state index contributed by atoms with van der Waals surface area (Å²) < 4.78 is 0. The number of unbranched alkanes of at least 4 members (excludes halogenated alkanes) is 2. The van der Waals surface area contributed by atoms with Crippen LogP contribution in [0.1, 0.15) is 46.5 Å². The summed E-state index contributed by atoms with van der Waals surface area (Å²) in [6, 6.07) is 0. The quantitative estimate of drug-likeness (QED) is 0.259. The number of hydrogen-bond donors (Lipinski definition) is 0. The van der Waals surface area contributed by atoms with Crippen molar-refractivity contribution in [2.24, 2.45) is 11.3 Å². The first-order chi connectivity index (χ1) is 6.87. The Balaban J connectivity index is -0.000000980. The van der Waals surface area contributed by atoms with Crippen molar-refractivity contribution < 1.29 is 78.9 Å². The molecule has 4 nitrogen and oxygen atoms in total. The first-order valence-corrected chi connectivity index (χ1v) is 5.30.